The number of hydrogen-bond acceptors (Lipinski definition) is 8. The second-order valence-electron chi connectivity index (χ2n) is 5.84. The Morgan fingerprint density at radius 2 is 1.44 bits per heavy atom. The molecule has 1 aliphatic rings. The average molecular weight is 360 g/mol. The lowest BCUT2D eigenvalue weighted by Crippen LogP contribution is -2.46. The van der Waals surface area contributed by atoms with Gasteiger partial charge >= 0.3 is 23.9 Å². The summed E-state index contributed by atoms with van der Waals surface area (Å²) in [5.41, 5.74) is 0. The Labute approximate surface area is 145 Å². The van der Waals surface area contributed by atoms with E-state index in [1.807, 2.05) is 0 Å². The van der Waals surface area contributed by atoms with E-state index in [2.05, 4.69) is 0 Å². The van der Waals surface area contributed by atoms with Crippen LogP contribution in [-0.4, -0.2) is 95.4 Å². The van der Waals surface area contributed by atoms with Gasteiger partial charge in [-0.15, -0.1) is 0 Å². The number of carbonyl (C=O) groups is 4. The summed E-state index contributed by atoms with van der Waals surface area (Å²) in [5, 5.41) is 17.9. The van der Waals surface area contributed by atoms with Crippen LogP contribution in [0.5, 0.6) is 0 Å². The zero-order valence-electron chi connectivity index (χ0n) is 14.3. The molecule has 0 radical (unpaired) electrons. The molecule has 1 saturated heterocycles. The van der Waals surface area contributed by atoms with Gasteiger partial charge in [-0.1, -0.05) is 6.92 Å². The molecule has 25 heavy (non-hydrogen) atoms. The standard InChI is InChI=1S/C15H24N2O8/c1-3-11-10(2)24-14(22)8-16(6-12(18)19)4-5-17(7-13(20)21)9-15(23)25-11/h10-11H,3-9H2,1-2H3,(H,18,19)(H,20,21). The van der Waals surface area contributed by atoms with Gasteiger partial charge in [0.2, 0.25) is 0 Å². The van der Waals surface area contributed by atoms with Gasteiger partial charge in [0.25, 0.3) is 0 Å². The van der Waals surface area contributed by atoms with Crippen molar-refractivity contribution in [3.63, 3.8) is 0 Å². The van der Waals surface area contributed by atoms with Crippen molar-refractivity contribution in [2.75, 3.05) is 39.3 Å². The first-order valence-corrected chi connectivity index (χ1v) is 7.98. The van der Waals surface area contributed by atoms with E-state index in [9.17, 15) is 19.2 Å². The number of carboxylic acid groups (broad SMARTS) is 2. The molecule has 1 heterocycles. The molecule has 2 atom stereocenters. The maximum atomic E-state index is 12.0. The van der Waals surface area contributed by atoms with Crippen LogP contribution in [0.3, 0.4) is 0 Å². The van der Waals surface area contributed by atoms with Crippen LogP contribution in [0.1, 0.15) is 20.3 Å². The van der Waals surface area contributed by atoms with Gasteiger partial charge in [-0.05, 0) is 13.3 Å². The average Bonchev–Trinajstić information content (AvgIpc) is 2.47. The number of hydrogen-bond donors (Lipinski definition) is 2. The first-order chi connectivity index (χ1) is 11.7. The van der Waals surface area contributed by atoms with Gasteiger partial charge in [-0.3, -0.25) is 29.0 Å². The van der Waals surface area contributed by atoms with Gasteiger partial charge in [-0.25, -0.2) is 0 Å². The molecule has 10 nitrogen and oxygen atoms in total. The molecule has 0 aliphatic carbocycles. The number of carboxylic acids is 2. The van der Waals surface area contributed by atoms with Gasteiger partial charge in [-0.2, -0.15) is 0 Å². The minimum atomic E-state index is -1.12. The Morgan fingerprint density at radius 1 is 1.00 bits per heavy atom. The maximum absolute atomic E-state index is 12.0. The summed E-state index contributed by atoms with van der Waals surface area (Å²) in [7, 11) is 0. The molecule has 0 aromatic carbocycles. The molecule has 0 aromatic rings. The van der Waals surface area contributed by atoms with Gasteiger partial charge < -0.3 is 19.7 Å². The van der Waals surface area contributed by atoms with Crippen LogP contribution in [-0.2, 0) is 28.7 Å². The number of rotatable bonds is 5. The summed E-state index contributed by atoms with van der Waals surface area (Å²) >= 11 is 0. The Balaban J connectivity index is 2.95. The molecule has 0 amide bonds. The normalized spacial score (nSPS) is 24.6. The maximum Gasteiger partial charge on any atom is 0.320 e. The molecular formula is C15H24N2O8. The third kappa shape index (κ3) is 7.94. The summed E-state index contributed by atoms with van der Waals surface area (Å²) in [5.74, 6) is -3.50. The molecule has 0 bridgehead atoms. The van der Waals surface area contributed by atoms with Crippen LogP contribution in [0.25, 0.3) is 0 Å². The number of aliphatic carboxylic acids is 2. The smallest absolute Gasteiger partial charge is 0.320 e. The molecule has 142 valence electrons. The Bertz CT molecular complexity index is 510. The fourth-order valence-corrected chi connectivity index (χ4v) is 2.50. The van der Waals surface area contributed by atoms with Gasteiger partial charge in [0.1, 0.15) is 12.2 Å². The van der Waals surface area contributed by atoms with E-state index >= 15 is 0 Å². The number of nitrogens with zero attached hydrogens (tertiary/aromatic N) is 2. The summed E-state index contributed by atoms with van der Waals surface area (Å²) < 4.78 is 10.5. The van der Waals surface area contributed by atoms with Gasteiger partial charge in [0, 0.05) is 13.1 Å². The predicted octanol–water partition coefficient (Wildman–Crippen LogP) is -0.973. The molecule has 1 aliphatic heterocycles. The highest BCUT2D eigenvalue weighted by Gasteiger charge is 2.27. The SMILES string of the molecule is CCC1OC(=O)CN(CC(=O)O)CCN(CC(=O)O)CC(=O)OC1C. The Morgan fingerprint density at radius 3 is 1.84 bits per heavy atom. The van der Waals surface area contributed by atoms with Crippen LogP contribution in [0, 0.1) is 0 Å². The summed E-state index contributed by atoms with van der Waals surface area (Å²) in [4.78, 5) is 48.6. The largest absolute Gasteiger partial charge is 0.480 e. The van der Waals surface area contributed by atoms with E-state index in [0.29, 0.717) is 6.42 Å². The molecule has 1 rings (SSSR count). The molecule has 2 N–H and O–H groups in total. The van der Waals surface area contributed by atoms with Crippen molar-refractivity contribution in [3.05, 3.63) is 0 Å². The lowest BCUT2D eigenvalue weighted by molar-refractivity contribution is -0.170. The van der Waals surface area contributed by atoms with Crippen molar-refractivity contribution >= 4 is 23.9 Å². The quantitative estimate of drug-likeness (QED) is 0.590. The van der Waals surface area contributed by atoms with E-state index < -0.39 is 49.2 Å². The number of esters is 2. The highest BCUT2D eigenvalue weighted by atomic mass is 16.6. The molecule has 0 saturated carbocycles. The molecular weight excluding hydrogens is 336 g/mol. The molecule has 2 unspecified atom stereocenters. The molecule has 0 spiro atoms. The lowest BCUT2D eigenvalue weighted by Gasteiger charge is -2.29. The zero-order valence-corrected chi connectivity index (χ0v) is 14.3. The van der Waals surface area contributed by atoms with Crippen molar-refractivity contribution < 1.29 is 38.9 Å². The first kappa shape index (κ1) is 20.8. The van der Waals surface area contributed by atoms with Gasteiger partial charge in [0.15, 0.2) is 0 Å². The topological polar surface area (TPSA) is 134 Å². The van der Waals surface area contributed by atoms with Crippen LogP contribution in [0.2, 0.25) is 0 Å². The monoisotopic (exact) mass is 360 g/mol. The second-order valence-corrected chi connectivity index (χ2v) is 5.84. The lowest BCUT2D eigenvalue weighted by atomic mass is 10.2. The van der Waals surface area contributed by atoms with Crippen molar-refractivity contribution in [2.24, 2.45) is 0 Å². The third-order valence-electron chi connectivity index (χ3n) is 3.68. The second kappa shape index (κ2) is 9.94. The van der Waals surface area contributed by atoms with Crippen LogP contribution >= 0.6 is 0 Å². The summed E-state index contributed by atoms with van der Waals surface area (Å²) in [6.07, 6.45) is -0.936. The predicted molar refractivity (Wildman–Crippen MR) is 83.9 cm³/mol. The van der Waals surface area contributed by atoms with E-state index in [4.69, 9.17) is 19.7 Å². The molecule has 1 fully saturated rings. The minimum Gasteiger partial charge on any atom is -0.480 e. The van der Waals surface area contributed by atoms with E-state index in [-0.39, 0.29) is 26.2 Å². The van der Waals surface area contributed by atoms with Crippen molar-refractivity contribution in [1.82, 2.24) is 9.80 Å². The first-order valence-electron chi connectivity index (χ1n) is 7.98. The number of ether oxygens (including phenoxy) is 2. The molecule has 0 aromatic heterocycles. The fourth-order valence-electron chi connectivity index (χ4n) is 2.50. The van der Waals surface area contributed by atoms with Crippen molar-refractivity contribution in [3.8, 4) is 0 Å². The molecule has 10 heteroatoms. The number of cyclic esters (lactones) is 2. The number of carbonyl (C=O) groups excluding carboxylic acids is 2. The highest BCUT2D eigenvalue weighted by Crippen LogP contribution is 2.11. The summed E-state index contributed by atoms with van der Waals surface area (Å²) in [6, 6.07) is 0. The Hall–Kier alpha value is -2.20. The van der Waals surface area contributed by atoms with Gasteiger partial charge in [0.05, 0.1) is 26.2 Å². The van der Waals surface area contributed by atoms with E-state index in [1.54, 1.807) is 13.8 Å². The summed E-state index contributed by atoms with van der Waals surface area (Å²) in [6.45, 7) is 2.24. The van der Waals surface area contributed by atoms with Crippen LogP contribution in [0.4, 0.5) is 0 Å². The highest BCUT2D eigenvalue weighted by molar-refractivity contribution is 5.75. The minimum absolute atomic E-state index is 0.0908. The Kier molecular flexibility index (Phi) is 8.29. The van der Waals surface area contributed by atoms with E-state index in [0.717, 1.165) is 0 Å². The van der Waals surface area contributed by atoms with Crippen LogP contribution < -0.4 is 0 Å². The zero-order chi connectivity index (χ0) is 19.0. The third-order valence-corrected chi connectivity index (χ3v) is 3.68. The van der Waals surface area contributed by atoms with Crippen molar-refractivity contribution in [2.45, 2.75) is 32.5 Å². The van der Waals surface area contributed by atoms with Crippen molar-refractivity contribution in [1.29, 1.82) is 0 Å². The van der Waals surface area contributed by atoms with Crippen LogP contribution in [0.15, 0.2) is 0 Å². The fraction of sp³-hybridized carbons (Fsp3) is 0.733. The van der Waals surface area contributed by atoms with E-state index in [1.165, 1.54) is 9.80 Å².